The predicted octanol–water partition coefficient (Wildman–Crippen LogP) is 1.79. The maximum atomic E-state index is 12.3. The van der Waals surface area contributed by atoms with Gasteiger partial charge in [0, 0.05) is 30.1 Å². The van der Waals surface area contributed by atoms with E-state index in [1.165, 1.54) is 0 Å². The normalized spacial score (nSPS) is 23.2. The van der Waals surface area contributed by atoms with E-state index in [4.69, 9.17) is 4.74 Å². The molecule has 0 aromatic carbocycles. The summed E-state index contributed by atoms with van der Waals surface area (Å²) in [4.78, 5) is 27.6. The highest BCUT2D eigenvalue weighted by atomic mass is 16.5. The van der Waals surface area contributed by atoms with Crippen molar-refractivity contribution in [3.63, 3.8) is 0 Å². The highest BCUT2D eigenvalue weighted by molar-refractivity contribution is 5.76. The van der Waals surface area contributed by atoms with Gasteiger partial charge < -0.3 is 9.84 Å². The third-order valence-electron chi connectivity index (χ3n) is 4.47. The number of carboxylic acid groups (broad SMARTS) is 1. The second-order valence-corrected chi connectivity index (χ2v) is 5.73. The Bertz CT molecular complexity index is 608. The molecule has 0 saturated heterocycles. The summed E-state index contributed by atoms with van der Waals surface area (Å²) in [6.07, 6.45) is 2.68. The number of methoxy groups -OCH3 is 1. The number of rotatable bonds is 4. The maximum absolute atomic E-state index is 12.3. The van der Waals surface area contributed by atoms with E-state index in [0.29, 0.717) is 17.0 Å². The molecule has 21 heavy (non-hydrogen) atoms. The summed E-state index contributed by atoms with van der Waals surface area (Å²) in [6, 6.07) is 0.0373. The number of aromatic nitrogens is 2. The minimum atomic E-state index is -0.908. The fourth-order valence-corrected chi connectivity index (χ4v) is 3.34. The van der Waals surface area contributed by atoms with Crippen molar-refractivity contribution in [3.05, 3.63) is 27.4 Å². The third kappa shape index (κ3) is 2.85. The minimum Gasteiger partial charge on any atom is -0.481 e. The van der Waals surface area contributed by atoms with Gasteiger partial charge in [-0.1, -0.05) is 0 Å². The molecule has 2 rings (SSSR count). The van der Waals surface area contributed by atoms with E-state index in [9.17, 15) is 14.7 Å². The van der Waals surface area contributed by atoms with Crippen LogP contribution in [0.1, 0.15) is 55.1 Å². The molecule has 116 valence electrons. The van der Waals surface area contributed by atoms with Crippen LogP contribution in [0.3, 0.4) is 0 Å². The number of nitrogens with zero attached hydrogens (tertiary/aromatic N) is 2. The molecule has 1 fully saturated rings. The van der Waals surface area contributed by atoms with E-state index in [0.717, 1.165) is 19.3 Å². The van der Waals surface area contributed by atoms with Crippen LogP contribution in [-0.2, 0) is 9.53 Å². The van der Waals surface area contributed by atoms with Crippen LogP contribution in [0.25, 0.3) is 0 Å². The Balaban J connectivity index is 2.50. The summed E-state index contributed by atoms with van der Waals surface area (Å²) in [5.74, 6) is -1.58. The van der Waals surface area contributed by atoms with E-state index in [-0.39, 0.29) is 17.8 Å². The Morgan fingerprint density at radius 3 is 2.62 bits per heavy atom. The van der Waals surface area contributed by atoms with Gasteiger partial charge >= 0.3 is 11.7 Å². The zero-order valence-corrected chi connectivity index (χ0v) is 12.9. The summed E-state index contributed by atoms with van der Waals surface area (Å²) in [5, 5.41) is 9.25. The molecule has 1 heterocycles. The van der Waals surface area contributed by atoms with Crippen LogP contribution in [0.15, 0.2) is 4.79 Å². The topological polar surface area (TPSA) is 81.4 Å². The van der Waals surface area contributed by atoms with Crippen molar-refractivity contribution in [2.75, 3.05) is 7.11 Å². The largest absolute Gasteiger partial charge is 0.481 e. The summed E-state index contributed by atoms with van der Waals surface area (Å²) >= 11 is 0. The van der Waals surface area contributed by atoms with Crippen molar-refractivity contribution in [2.24, 2.45) is 0 Å². The first kappa shape index (κ1) is 15.7. The van der Waals surface area contributed by atoms with Gasteiger partial charge in [-0.2, -0.15) is 4.98 Å². The molecule has 1 aliphatic carbocycles. The Kier molecular flexibility index (Phi) is 4.46. The van der Waals surface area contributed by atoms with Crippen LogP contribution < -0.4 is 5.69 Å². The van der Waals surface area contributed by atoms with Crippen LogP contribution in [0.4, 0.5) is 0 Å². The lowest BCUT2D eigenvalue weighted by Crippen LogP contribution is -2.32. The van der Waals surface area contributed by atoms with Gasteiger partial charge in [-0.3, -0.25) is 9.36 Å². The standard InChI is InChI=1S/C15H22N2O4/c1-8(14(18)19)13-9(2)16-15(20)17(10(13)3)11-5-6-12(7-11)21-4/h8,11-12H,5-7H2,1-4H3,(H,18,19). The molecule has 6 heteroatoms. The van der Waals surface area contributed by atoms with Gasteiger partial charge in [-0.25, -0.2) is 4.79 Å². The molecule has 6 nitrogen and oxygen atoms in total. The molecule has 1 aromatic rings. The first-order valence-electron chi connectivity index (χ1n) is 7.22. The molecule has 1 N–H and O–H groups in total. The molecule has 0 bridgehead atoms. The van der Waals surface area contributed by atoms with Crippen LogP contribution >= 0.6 is 0 Å². The summed E-state index contributed by atoms with van der Waals surface area (Å²) in [5.41, 5.74) is 1.56. The molecule has 1 aliphatic rings. The average molecular weight is 294 g/mol. The van der Waals surface area contributed by atoms with Gasteiger partial charge in [0.2, 0.25) is 0 Å². The summed E-state index contributed by atoms with van der Waals surface area (Å²) in [6.45, 7) is 5.13. The Morgan fingerprint density at radius 1 is 1.43 bits per heavy atom. The smallest absolute Gasteiger partial charge is 0.348 e. The van der Waals surface area contributed by atoms with Crippen LogP contribution in [0, 0.1) is 13.8 Å². The number of carbonyl (C=O) groups is 1. The van der Waals surface area contributed by atoms with Crippen LogP contribution in [0.5, 0.6) is 0 Å². The van der Waals surface area contributed by atoms with E-state index in [1.807, 2.05) is 6.92 Å². The van der Waals surface area contributed by atoms with Gasteiger partial charge in [0.25, 0.3) is 0 Å². The van der Waals surface area contributed by atoms with Gasteiger partial charge in [-0.05, 0) is 40.0 Å². The SMILES string of the molecule is COC1CCC(n2c(C)c(C(C)C(=O)O)c(C)nc2=O)C1. The molecule has 3 atom stereocenters. The van der Waals surface area contributed by atoms with Crippen molar-refractivity contribution in [1.29, 1.82) is 0 Å². The molecule has 0 amide bonds. The van der Waals surface area contributed by atoms with Crippen molar-refractivity contribution < 1.29 is 14.6 Å². The van der Waals surface area contributed by atoms with Crippen molar-refractivity contribution in [1.82, 2.24) is 9.55 Å². The summed E-state index contributed by atoms with van der Waals surface area (Å²) < 4.78 is 7.01. The lowest BCUT2D eigenvalue weighted by Gasteiger charge is -2.22. The molecular formula is C15H22N2O4. The Hall–Kier alpha value is -1.69. The Labute approximate surface area is 123 Å². The quantitative estimate of drug-likeness (QED) is 0.915. The van der Waals surface area contributed by atoms with E-state index in [1.54, 1.807) is 25.5 Å². The number of hydrogen-bond acceptors (Lipinski definition) is 4. The van der Waals surface area contributed by atoms with E-state index < -0.39 is 11.9 Å². The maximum Gasteiger partial charge on any atom is 0.348 e. The second-order valence-electron chi connectivity index (χ2n) is 5.73. The number of carboxylic acids is 1. The number of ether oxygens (including phenoxy) is 1. The first-order valence-corrected chi connectivity index (χ1v) is 7.22. The van der Waals surface area contributed by atoms with E-state index in [2.05, 4.69) is 4.98 Å². The number of aryl methyl sites for hydroxylation is 1. The molecule has 0 radical (unpaired) electrons. The Morgan fingerprint density at radius 2 is 2.10 bits per heavy atom. The molecular weight excluding hydrogens is 272 g/mol. The van der Waals surface area contributed by atoms with Crippen LogP contribution in [0.2, 0.25) is 0 Å². The zero-order chi connectivity index (χ0) is 15.7. The van der Waals surface area contributed by atoms with Crippen molar-refractivity contribution >= 4 is 5.97 Å². The molecule has 1 saturated carbocycles. The zero-order valence-electron chi connectivity index (χ0n) is 12.9. The predicted molar refractivity (Wildman–Crippen MR) is 77.7 cm³/mol. The highest BCUT2D eigenvalue weighted by Gasteiger charge is 2.30. The number of aliphatic carboxylic acids is 1. The molecule has 0 aliphatic heterocycles. The summed E-state index contributed by atoms with van der Waals surface area (Å²) in [7, 11) is 1.67. The average Bonchev–Trinajstić information content (AvgIpc) is 2.86. The number of hydrogen-bond donors (Lipinski definition) is 1. The minimum absolute atomic E-state index is 0.0373. The van der Waals surface area contributed by atoms with Gasteiger partial charge in [-0.15, -0.1) is 0 Å². The lowest BCUT2D eigenvalue weighted by molar-refractivity contribution is -0.138. The monoisotopic (exact) mass is 294 g/mol. The fourth-order valence-electron chi connectivity index (χ4n) is 3.34. The van der Waals surface area contributed by atoms with Crippen molar-refractivity contribution in [2.45, 2.75) is 58.1 Å². The molecule has 1 aromatic heterocycles. The molecule has 0 spiro atoms. The van der Waals surface area contributed by atoms with Crippen LogP contribution in [-0.4, -0.2) is 33.8 Å². The second kappa shape index (κ2) is 5.97. The fraction of sp³-hybridized carbons (Fsp3) is 0.667. The van der Waals surface area contributed by atoms with Gasteiger partial charge in [0.1, 0.15) is 0 Å². The lowest BCUT2D eigenvalue weighted by atomic mass is 9.97. The van der Waals surface area contributed by atoms with Gasteiger partial charge in [0.15, 0.2) is 0 Å². The van der Waals surface area contributed by atoms with E-state index >= 15 is 0 Å². The van der Waals surface area contributed by atoms with Crippen molar-refractivity contribution in [3.8, 4) is 0 Å². The molecule has 3 unspecified atom stereocenters. The third-order valence-corrected chi connectivity index (χ3v) is 4.47. The highest BCUT2D eigenvalue weighted by Crippen LogP contribution is 2.33. The van der Waals surface area contributed by atoms with Gasteiger partial charge in [0.05, 0.1) is 12.0 Å². The first-order chi connectivity index (χ1) is 9.86.